The van der Waals surface area contributed by atoms with E-state index in [4.69, 9.17) is 26.2 Å². The number of hydrogen-bond acceptors (Lipinski definition) is 7. The first-order chi connectivity index (χ1) is 17.5. The number of rotatable bonds is 9. The summed E-state index contributed by atoms with van der Waals surface area (Å²) < 4.78 is 51.0. The monoisotopic (exact) mass is 544 g/mol. The van der Waals surface area contributed by atoms with Gasteiger partial charge in [0.05, 0.1) is 30.7 Å². The van der Waals surface area contributed by atoms with Crippen molar-refractivity contribution in [2.24, 2.45) is 0 Å². The number of benzene rings is 1. The van der Waals surface area contributed by atoms with Crippen molar-refractivity contribution in [1.82, 2.24) is 14.9 Å². The molecule has 2 atom stereocenters. The molecule has 2 aromatic rings. The molecule has 0 unspecified atom stereocenters. The van der Waals surface area contributed by atoms with E-state index < -0.39 is 11.7 Å². The molecule has 1 amide bonds. The second kappa shape index (κ2) is 12.6. The molecule has 37 heavy (non-hydrogen) atoms. The number of carbonyl (C=O) groups excluding carboxylic acids is 1. The predicted molar refractivity (Wildman–Crippen MR) is 133 cm³/mol. The number of anilines is 1. The van der Waals surface area contributed by atoms with Crippen molar-refractivity contribution in [3.8, 4) is 5.75 Å². The van der Waals surface area contributed by atoms with Gasteiger partial charge in [-0.1, -0.05) is 18.5 Å². The Hall–Kier alpha value is -2.79. The molecule has 1 N–H and O–H groups in total. The molecule has 0 radical (unpaired) electrons. The Morgan fingerprint density at radius 3 is 2.57 bits per heavy atom. The SMILES string of the molecule is CC[C@@H]1C[C@H](N(Cc2cc(Cl)cc(C(F)(F)F)c2)c2ncc(OCCO)cn2)CCN1C(=O)OC(C)C. The lowest BCUT2D eigenvalue weighted by Gasteiger charge is -2.43. The Labute approximate surface area is 219 Å². The lowest BCUT2D eigenvalue weighted by atomic mass is 9.94. The van der Waals surface area contributed by atoms with Gasteiger partial charge in [-0.3, -0.25) is 0 Å². The van der Waals surface area contributed by atoms with E-state index in [1.807, 2.05) is 11.8 Å². The zero-order valence-electron chi connectivity index (χ0n) is 21.0. The number of amides is 1. The molecular formula is C25H32ClF3N4O4. The Bertz CT molecular complexity index is 1040. The van der Waals surface area contributed by atoms with E-state index >= 15 is 0 Å². The highest BCUT2D eigenvalue weighted by atomic mass is 35.5. The summed E-state index contributed by atoms with van der Waals surface area (Å²) in [5.74, 6) is 0.667. The van der Waals surface area contributed by atoms with E-state index in [0.717, 1.165) is 12.1 Å². The average Bonchev–Trinajstić information content (AvgIpc) is 2.84. The molecule has 3 rings (SSSR count). The third kappa shape index (κ3) is 7.85. The fourth-order valence-corrected chi connectivity index (χ4v) is 4.63. The normalized spacial score (nSPS) is 18.1. The maximum atomic E-state index is 13.4. The molecule has 0 spiro atoms. The molecule has 0 bridgehead atoms. The molecule has 204 valence electrons. The van der Waals surface area contributed by atoms with Crippen LogP contribution in [0.4, 0.5) is 23.9 Å². The maximum absolute atomic E-state index is 13.4. The van der Waals surface area contributed by atoms with Crippen LogP contribution in [-0.2, 0) is 17.5 Å². The summed E-state index contributed by atoms with van der Waals surface area (Å²) in [7, 11) is 0. The highest BCUT2D eigenvalue weighted by Crippen LogP contribution is 2.34. The quantitative estimate of drug-likeness (QED) is 0.457. The number of halogens is 4. The van der Waals surface area contributed by atoms with Gasteiger partial charge in [0, 0.05) is 30.2 Å². The zero-order valence-corrected chi connectivity index (χ0v) is 21.8. The van der Waals surface area contributed by atoms with Crippen LogP contribution in [-0.4, -0.2) is 64.0 Å². The topological polar surface area (TPSA) is 88.0 Å². The summed E-state index contributed by atoms with van der Waals surface area (Å²) >= 11 is 6.04. The van der Waals surface area contributed by atoms with Crippen molar-refractivity contribution in [2.45, 2.75) is 70.9 Å². The van der Waals surface area contributed by atoms with E-state index in [-0.39, 0.29) is 49.1 Å². The van der Waals surface area contributed by atoms with Crippen LogP contribution in [0.15, 0.2) is 30.6 Å². The Morgan fingerprint density at radius 1 is 1.27 bits per heavy atom. The number of piperidine rings is 1. The summed E-state index contributed by atoms with van der Waals surface area (Å²) in [5.41, 5.74) is -0.472. The molecule has 1 aliphatic rings. The smallest absolute Gasteiger partial charge is 0.416 e. The van der Waals surface area contributed by atoms with Crippen LogP contribution in [0.25, 0.3) is 0 Å². The molecule has 1 saturated heterocycles. The van der Waals surface area contributed by atoms with Crippen molar-refractivity contribution in [2.75, 3.05) is 24.7 Å². The standard InChI is InChI=1S/C25H32ClF3N4O4/c1-4-20-12-21(5-6-32(20)24(35)37-16(2)3)33(23-30-13-22(14-31-23)36-8-7-34)15-17-9-18(25(27,28)29)11-19(26)10-17/h9-11,13-14,16,20-21,34H,4-8,12,15H2,1-3H3/t20-,21-/m1/s1. The van der Waals surface area contributed by atoms with Crippen LogP contribution in [0.2, 0.25) is 5.02 Å². The number of hydrogen-bond donors (Lipinski definition) is 1. The van der Waals surface area contributed by atoms with Crippen LogP contribution in [0.5, 0.6) is 5.75 Å². The average molecular weight is 545 g/mol. The van der Waals surface area contributed by atoms with Gasteiger partial charge in [0.15, 0.2) is 5.75 Å². The lowest BCUT2D eigenvalue weighted by molar-refractivity contribution is -0.137. The Balaban J connectivity index is 1.91. The molecule has 8 nitrogen and oxygen atoms in total. The molecule has 0 aliphatic carbocycles. The van der Waals surface area contributed by atoms with Crippen molar-refractivity contribution >= 4 is 23.6 Å². The minimum atomic E-state index is -4.54. The number of carbonyl (C=O) groups is 1. The maximum Gasteiger partial charge on any atom is 0.416 e. The van der Waals surface area contributed by atoms with E-state index in [9.17, 15) is 18.0 Å². The summed E-state index contributed by atoms with van der Waals surface area (Å²) in [6.07, 6.45) is -0.468. The van der Waals surface area contributed by atoms with E-state index in [1.165, 1.54) is 18.5 Å². The Morgan fingerprint density at radius 2 is 1.97 bits per heavy atom. The number of aromatic nitrogens is 2. The molecule has 12 heteroatoms. The highest BCUT2D eigenvalue weighted by Gasteiger charge is 2.36. The third-order valence-corrected chi connectivity index (χ3v) is 6.26. The first-order valence-corrected chi connectivity index (χ1v) is 12.6. The van der Waals surface area contributed by atoms with Gasteiger partial charge in [0.2, 0.25) is 5.95 Å². The molecule has 1 aromatic heterocycles. The van der Waals surface area contributed by atoms with Crippen molar-refractivity contribution < 1.29 is 32.5 Å². The van der Waals surface area contributed by atoms with Gasteiger partial charge in [0.25, 0.3) is 0 Å². The van der Waals surface area contributed by atoms with Crippen LogP contribution >= 0.6 is 11.6 Å². The van der Waals surface area contributed by atoms with Gasteiger partial charge in [-0.15, -0.1) is 0 Å². The van der Waals surface area contributed by atoms with Crippen molar-refractivity contribution in [1.29, 1.82) is 0 Å². The van der Waals surface area contributed by atoms with Gasteiger partial charge in [-0.05, 0) is 56.9 Å². The number of alkyl halides is 3. The molecular weight excluding hydrogens is 513 g/mol. The van der Waals surface area contributed by atoms with Gasteiger partial charge in [0.1, 0.15) is 6.61 Å². The first-order valence-electron chi connectivity index (χ1n) is 12.2. The number of aliphatic hydroxyl groups excluding tert-OH is 1. The van der Waals surface area contributed by atoms with Crippen molar-refractivity contribution in [3.05, 3.63) is 46.7 Å². The number of likely N-dealkylation sites (tertiary alicyclic amines) is 1. The second-order valence-electron chi connectivity index (χ2n) is 9.13. The molecule has 1 aliphatic heterocycles. The fraction of sp³-hybridized carbons (Fsp3) is 0.560. The van der Waals surface area contributed by atoms with Gasteiger partial charge < -0.3 is 24.4 Å². The number of aliphatic hydroxyl groups is 1. The number of ether oxygens (including phenoxy) is 2. The molecule has 2 heterocycles. The Kier molecular flexibility index (Phi) is 9.83. The van der Waals surface area contributed by atoms with E-state index in [2.05, 4.69) is 9.97 Å². The molecule has 1 fully saturated rings. The summed E-state index contributed by atoms with van der Waals surface area (Å²) in [4.78, 5) is 25.0. The van der Waals surface area contributed by atoms with Crippen LogP contribution in [0, 0.1) is 0 Å². The largest absolute Gasteiger partial charge is 0.488 e. The van der Waals surface area contributed by atoms with E-state index in [0.29, 0.717) is 43.1 Å². The van der Waals surface area contributed by atoms with Gasteiger partial charge in [-0.2, -0.15) is 13.2 Å². The first kappa shape index (κ1) is 28.8. The van der Waals surface area contributed by atoms with Crippen LogP contribution in [0.3, 0.4) is 0 Å². The number of nitrogens with zero attached hydrogens (tertiary/aromatic N) is 4. The predicted octanol–water partition coefficient (Wildman–Crippen LogP) is 5.31. The van der Waals surface area contributed by atoms with Gasteiger partial charge >= 0.3 is 12.3 Å². The van der Waals surface area contributed by atoms with Crippen LogP contribution < -0.4 is 9.64 Å². The summed E-state index contributed by atoms with van der Waals surface area (Å²) in [5, 5.41) is 8.94. The minimum Gasteiger partial charge on any atom is -0.488 e. The lowest BCUT2D eigenvalue weighted by Crippen LogP contribution is -2.52. The van der Waals surface area contributed by atoms with Gasteiger partial charge in [-0.25, -0.2) is 14.8 Å². The highest BCUT2D eigenvalue weighted by molar-refractivity contribution is 6.30. The zero-order chi connectivity index (χ0) is 27.2. The summed E-state index contributed by atoms with van der Waals surface area (Å²) in [6, 6.07) is 3.18. The fourth-order valence-electron chi connectivity index (χ4n) is 4.37. The van der Waals surface area contributed by atoms with E-state index in [1.54, 1.807) is 18.7 Å². The van der Waals surface area contributed by atoms with Crippen molar-refractivity contribution in [3.63, 3.8) is 0 Å². The second-order valence-corrected chi connectivity index (χ2v) is 9.57. The molecule has 0 saturated carbocycles. The molecule has 1 aromatic carbocycles. The third-order valence-electron chi connectivity index (χ3n) is 6.04. The van der Waals surface area contributed by atoms with Crippen LogP contribution in [0.1, 0.15) is 51.2 Å². The summed E-state index contributed by atoms with van der Waals surface area (Å²) in [6.45, 7) is 5.98. The minimum absolute atomic E-state index is 0.0175.